The molecule has 0 bridgehead atoms. The minimum atomic E-state index is -0.886. The zero-order valence-electron chi connectivity index (χ0n) is 24.5. The SMILES string of the molecule is COc1cccc([C@@H](C)NC(=O)c2cc(C)cc(C(=O)N[C@@H](Cc3ccccc3)[C@H](O)CNC(C)c3ccco3)c2)c1. The van der Waals surface area contributed by atoms with Gasteiger partial charge in [0.05, 0.1) is 37.6 Å². The van der Waals surface area contributed by atoms with Crippen molar-refractivity contribution in [1.29, 1.82) is 0 Å². The van der Waals surface area contributed by atoms with Crippen molar-refractivity contribution in [3.8, 4) is 5.75 Å². The fourth-order valence-corrected chi connectivity index (χ4v) is 4.80. The molecule has 0 aliphatic rings. The number of methoxy groups -OCH3 is 1. The Morgan fingerprint density at radius 2 is 1.57 bits per heavy atom. The first-order valence-corrected chi connectivity index (χ1v) is 14.1. The number of nitrogens with one attached hydrogen (secondary N) is 3. The summed E-state index contributed by atoms with van der Waals surface area (Å²) in [6, 6.07) is 25.0. The van der Waals surface area contributed by atoms with Crippen molar-refractivity contribution in [2.45, 2.75) is 51.4 Å². The van der Waals surface area contributed by atoms with E-state index in [2.05, 4.69) is 16.0 Å². The molecule has 4 aromatic rings. The molecule has 1 heterocycles. The molecule has 220 valence electrons. The van der Waals surface area contributed by atoms with Gasteiger partial charge in [-0.15, -0.1) is 0 Å². The average Bonchev–Trinajstić information content (AvgIpc) is 3.55. The van der Waals surface area contributed by atoms with Crippen LogP contribution in [0.4, 0.5) is 0 Å². The second-order valence-electron chi connectivity index (χ2n) is 10.5. The van der Waals surface area contributed by atoms with Crippen LogP contribution in [0.15, 0.2) is 95.6 Å². The van der Waals surface area contributed by atoms with E-state index in [1.807, 2.05) is 87.5 Å². The molecule has 0 saturated carbocycles. The Morgan fingerprint density at radius 1 is 0.857 bits per heavy atom. The monoisotopic (exact) mass is 569 g/mol. The molecule has 4 N–H and O–H groups in total. The van der Waals surface area contributed by atoms with Gasteiger partial charge in [-0.3, -0.25) is 9.59 Å². The van der Waals surface area contributed by atoms with Crippen LogP contribution in [0.1, 0.15) is 69.1 Å². The Balaban J connectivity index is 1.47. The Hall–Kier alpha value is -4.40. The minimum absolute atomic E-state index is 0.111. The van der Waals surface area contributed by atoms with Crippen molar-refractivity contribution in [3.63, 3.8) is 0 Å². The maximum Gasteiger partial charge on any atom is 0.251 e. The predicted octanol–water partition coefficient (Wildman–Crippen LogP) is 5.14. The Kier molecular flexibility index (Phi) is 10.5. The molecular formula is C34H39N3O5. The van der Waals surface area contributed by atoms with Crippen molar-refractivity contribution in [1.82, 2.24) is 16.0 Å². The lowest BCUT2D eigenvalue weighted by atomic mass is 9.99. The van der Waals surface area contributed by atoms with Crippen LogP contribution in [0.3, 0.4) is 0 Å². The lowest BCUT2D eigenvalue weighted by Crippen LogP contribution is -2.49. The van der Waals surface area contributed by atoms with E-state index >= 15 is 0 Å². The molecule has 8 heteroatoms. The van der Waals surface area contributed by atoms with E-state index in [4.69, 9.17) is 9.15 Å². The molecular weight excluding hydrogens is 530 g/mol. The molecule has 1 unspecified atom stereocenters. The highest BCUT2D eigenvalue weighted by Crippen LogP contribution is 2.20. The molecule has 0 fully saturated rings. The fraction of sp³-hybridized carbons (Fsp3) is 0.294. The summed E-state index contributed by atoms with van der Waals surface area (Å²) in [6.45, 7) is 5.93. The highest BCUT2D eigenvalue weighted by Gasteiger charge is 2.24. The first-order valence-electron chi connectivity index (χ1n) is 14.1. The summed E-state index contributed by atoms with van der Waals surface area (Å²) in [7, 11) is 1.60. The average molecular weight is 570 g/mol. The number of hydrogen-bond donors (Lipinski definition) is 4. The molecule has 2 amide bonds. The molecule has 0 aliphatic heterocycles. The Bertz CT molecular complexity index is 1460. The van der Waals surface area contributed by atoms with Crippen molar-refractivity contribution >= 4 is 11.8 Å². The van der Waals surface area contributed by atoms with Crippen molar-refractivity contribution in [2.75, 3.05) is 13.7 Å². The van der Waals surface area contributed by atoms with E-state index in [-0.39, 0.29) is 30.4 Å². The topological polar surface area (TPSA) is 113 Å². The van der Waals surface area contributed by atoms with Crippen LogP contribution in [0, 0.1) is 6.92 Å². The molecule has 0 radical (unpaired) electrons. The number of furan rings is 1. The van der Waals surface area contributed by atoms with Crippen LogP contribution in [0.25, 0.3) is 0 Å². The van der Waals surface area contributed by atoms with E-state index in [1.165, 1.54) is 0 Å². The second kappa shape index (κ2) is 14.5. The van der Waals surface area contributed by atoms with E-state index in [0.717, 1.165) is 22.5 Å². The molecule has 0 aliphatic carbocycles. The number of aliphatic hydroxyl groups is 1. The molecule has 4 rings (SSSR count). The normalized spacial score (nSPS) is 13.9. The number of amides is 2. The zero-order chi connectivity index (χ0) is 30.1. The summed E-state index contributed by atoms with van der Waals surface area (Å²) in [6.07, 6.45) is 1.16. The van der Waals surface area contributed by atoms with Gasteiger partial charge in [-0.05, 0) is 86.3 Å². The maximum absolute atomic E-state index is 13.5. The molecule has 0 spiro atoms. The van der Waals surface area contributed by atoms with Crippen molar-refractivity contribution in [2.24, 2.45) is 0 Å². The number of hydrogen-bond acceptors (Lipinski definition) is 6. The third-order valence-electron chi connectivity index (χ3n) is 7.23. The highest BCUT2D eigenvalue weighted by atomic mass is 16.5. The van der Waals surface area contributed by atoms with Crippen LogP contribution < -0.4 is 20.7 Å². The third kappa shape index (κ3) is 8.31. The van der Waals surface area contributed by atoms with Crippen molar-refractivity contribution < 1.29 is 23.8 Å². The summed E-state index contributed by atoms with van der Waals surface area (Å²) in [4.78, 5) is 26.7. The van der Waals surface area contributed by atoms with Gasteiger partial charge < -0.3 is 30.2 Å². The van der Waals surface area contributed by atoms with Crippen LogP contribution in [0.5, 0.6) is 5.75 Å². The summed E-state index contributed by atoms with van der Waals surface area (Å²) in [5.74, 6) is 0.811. The van der Waals surface area contributed by atoms with E-state index in [9.17, 15) is 14.7 Å². The number of carbonyl (C=O) groups excluding carboxylic acids is 2. The van der Waals surface area contributed by atoms with E-state index < -0.39 is 12.1 Å². The van der Waals surface area contributed by atoms with Gasteiger partial charge in [-0.2, -0.15) is 0 Å². The number of carbonyl (C=O) groups is 2. The van der Waals surface area contributed by atoms with Crippen LogP contribution in [0.2, 0.25) is 0 Å². The van der Waals surface area contributed by atoms with Gasteiger partial charge in [0.25, 0.3) is 11.8 Å². The summed E-state index contributed by atoms with van der Waals surface area (Å²) in [5, 5.41) is 20.5. The smallest absolute Gasteiger partial charge is 0.251 e. The summed E-state index contributed by atoms with van der Waals surface area (Å²) >= 11 is 0. The molecule has 0 saturated heterocycles. The van der Waals surface area contributed by atoms with Crippen LogP contribution >= 0.6 is 0 Å². The van der Waals surface area contributed by atoms with Gasteiger partial charge in [0.2, 0.25) is 0 Å². The number of rotatable bonds is 13. The van der Waals surface area contributed by atoms with Crippen molar-refractivity contribution in [3.05, 3.63) is 125 Å². The third-order valence-corrected chi connectivity index (χ3v) is 7.23. The van der Waals surface area contributed by atoms with Gasteiger partial charge in [0.1, 0.15) is 11.5 Å². The Morgan fingerprint density at radius 3 is 2.24 bits per heavy atom. The molecule has 8 nitrogen and oxygen atoms in total. The Labute approximate surface area is 247 Å². The van der Waals surface area contributed by atoms with Gasteiger partial charge in [-0.25, -0.2) is 0 Å². The molecule has 42 heavy (non-hydrogen) atoms. The number of benzene rings is 3. The van der Waals surface area contributed by atoms with Gasteiger partial charge >= 0.3 is 0 Å². The number of aliphatic hydroxyl groups excluding tert-OH is 1. The highest BCUT2D eigenvalue weighted by molar-refractivity contribution is 6.00. The maximum atomic E-state index is 13.5. The van der Waals surface area contributed by atoms with Crippen LogP contribution in [-0.4, -0.2) is 42.7 Å². The summed E-state index contributed by atoms with van der Waals surface area (Å²) < 4.78 is 10.8. The quantitative estimate of drug-likeness (QED) is 0.177. The fourth-order valence-electron chi connectivity index (χ4n) is 4.80. The van der Waals surface area contributed by atoms with Gasteiger partial charge in [-0.1, -0.05) is 42.5 Å². The molecule has 1 aromatic heterocycles. The standard InChI is InChI=1S/C34H39N3O5/c1-22-16-27(33(39)36-23(2)26-12-8-13-29(20-26)41-4)19-28(17-22)34(40)37-30(18-25-10-6-5-7-11-25)31(38)21-35-24(3)32-14-9-15-42-32/h5-17,19-20,23-24,30-31,35,38H,18,21H2,1-4H3,(H,36,39)(H,37,40)/t23-,24?,30+,31-/m1/s1. The van der Waals surface area contributed by atoms with Gasteiger partial charge in [0, 0.05) is 17.7 Å². The van der Waals surface area contributed by atoms with Gasteiger partial charge in [0.15, 0.2) is 0 Å². The van der Waals surface area contributed by atoms with E-state index in [1.54, 1.807) is 31.6 Å². The summed E-state index contributed by atoms with van der Waals surface area (Å²) in [5.41, 5.74) is 3.38. The van der Waals surface area contributed by atoms with Crippen LogP contribution in [-0.2, 0) is 6.42 Å². The zero-order valence-corrected chi connectivity index (χ0v) is 24.5. The van der Waals surface area contributed by atoms with E-state index in [0.29, 0.717) is 23.3 Å². The lowest BCUT2D eigenvalue weighted by molar-refractivity contribution is 0.0824. The minimum Gasteiger partial charge on any atom is -0.497 e. The largest absolute Gasteiger partial charge is 0.497 e. The number of ether oxygens (including phenoxy) is 1. The first-order chi connectivity index (χ1) is 20.2. The number of aryl methyl sites for hydroxylation is 1. The first kappa shape index (κ1) is 30.6. The predicted molar refractivity (Wildman–Crippen MR) is 163 cm³/mol. The molecule has 3 aromatic carbocycles. The second-order valence-corrected chi connectivity index (χ2v) is 10.5. The molecule has 4 atom stereocenters. The lowest BCUT2D eigenvalue weighted by Gasteiger charge is -2.26.